The van der Waals surface area contributed by atoms with Gasteiger partial charge in [-0.25, -0.2) is 8.42 Å². The van der Waals surface area contributed by atoms with E-state index in [-0.39, 0.29) is 12.2 Å². The molecule has 2 rings (SSSR count). The number of hydrogen-bond donors (Lipinski definition) is 0. The van der Waals surface area contributed by atoms with Gasteiger partial charge in [-0.1, -0.05) is 12.2 Å². The second-order valence-corrected chi connectivity index (χ2v) is 7.26. The van der Waals surface area contributed by atoms with Crippen molar-refractivity contribution in [1.82, 2.24) is 0 Å². The summed E-state index contributed by atoms with van der Waals surface area (Å²) in [6, 6.07) is 0. The average molecular weight is 244 g/mol. The van der Waals surface area contributed by atoms with Gasteiger partial charge in [0.1, 0.15) is 0 Å². The van der Waals surface area contributed by atoms with E-state index in [1.54, 1.807) is 0 Å². The van der Waals surface area contributed by atoms with Crippen molar-refractivity contribution in [1.29, 1.82) is 0 Å². The van der Waals surface area contributed by atoms with Gasteiger partial charge in [0.05, 0.1) is 23.7 Å². The zero-order valence-corrected chi connectivity index (χ0v) is 10.5. The molecule has 0 aromatic heterocycles. The second kappa shape index (κ2) is 4.88. The van der Waals surface area contributed by atoms with E-state index in [0.717, 1.165) is 25.7 Å². The van der Waals surface area contributed by atoms with Crippen LogP contribution in [-0.2, 0) is 14.6 Å². The van der Waals surface area contributed by atoms with Gasteiger partial charge in [0.2, 0.25) is 0 Å². The maximum Gasteiger partial charge on any atom is 0.150 e. The van der Waals surface area contributed by atoms with Crippen LogP contribution in [0.25, 0.3) is 0 Å². The molecule has 3 nitrogen and oxygen atoms in total. The zero-order valence-electron chi connectivity index (χ0n) is 9.65. The van der Waals surface area contributed by atoms with Gasteiger partial charge in [0, 0.05) is 0 Å². The molecule has 0 bridgehead atoms. The predicted octanol–water partition coefficient (Wildman–Crippen LogP) is 2.08. The van der Waals surface area contributed by atoms with Crippen LogP contribution in [0.1, 0.15) is 38.5 Å². The number of rotatable bonds is 2. The Morgan fingerprint density at radius 2 is 1.81 bits per heavy atom. The van der Waals surface area contributed by atoms with Crippen LogP contribution < -0.4 is 0 Å². The van der Waals surface area contributed by atoms with Crippen LogP contribution in [-0.4, -0.2) is 32.1 Å². The molecule has 2 aliphatic rings. The third-order valence-corrected chi connectivity index (χ3v) is 5.17. The Labute approximate surface area is 97.8 Å². The third kappa shape index (κ3) is 3.32. The minimum Gasteiger partial charge on any atom is -0.375 e. The Balaban J connectivity index is 1.80. The molecule has 0 N–H and O–H groups in total. The van der Waals surface area contributed by atoms with Crippen LogP contribution in [0.2, 0.25) is 0 Å². The highest BCUT2D eigenvalue weighted by atomic mass is 32.2. The highest BCUT2D eigenvalue weighted by Gasteiger charge is 2.27. The molecule has 1 atom stereocenters. The van der Waals surface area contributed by atoms with Crippen molar-refractivity contribution >= 4 is 9.84 Å². The Morgan fingerprint density at radius 3 is 2.44 bits per heavy atom. The maximum atomic E-state index is 11.3. The maximum absolute atomic E-state index is 11.3. The van der Waals surface area contributed by atoms with Gasteiger partial charge in [-0.15, -0.1) is 0 Å². The van der Waals surface area contributed by atoms with Crippen molar-refractivity contribution in [3.05, 3.63) is 12.2 Å². The molecule has 16 heavy (non-hydrogen) atoms. The van der Waals surface area contributed by atoms with Gasteiger partial charge in [-0.3, -0.25) is 0 Å². The van der Waals surface area contributed by atoms with Crippen molar-refractivity contribution < 1.29 is 13.2 Å². The highest BCUT2D eigenvalue weighted by Crippen LogP contribution is 2.27. The molecule has 1 aliphatic heterocycles. The van der Waals surface area contributed by atoms with Crippen molar-refractivity contribution in [2.45, 2.75) is 50.7 Å². The lowest BCUT2D eigenvalue weighted by molar-refractivity contribution is -0.0255. The zero-order chi connectivity index (χ0) is 11.6. The van der Waals surface area contributed by atoms with Crippen LogP contribution in [0.5, 0.6) is 0 Å². The summed E-state index contributed by atoms with van der Waals surface area (Å²) in [5.41, 5.74) is 1.28. The smallest absolute Gasteiger partial charge is 0.150 e. The number of ether oxygens (including phenoxy) is 1. The first kappa shape index (κ1) is 12.1. The van der Waals surface area contributed by atoms with E-state index in [4.69, 9.17) is 4.74 Å². The monoisotopic (exact) mass is 244 g/mol. The molecule has 2 fully saturated rings. The lowest BCUT2D eigenvalue weighted by atomic mass is 9.93. The van der Waals surface area contributed by atoms with Gasteiger partial charge in [-0.2, -0.15) is 0 Å². The molecule has 0 aromatic carbocycles. The van der Waals surface area contributed by atoms with Crippen molar-refractivity contribution in [2.24, 2.45) is 0 Å². The molecular weight excluding hydrogens is 224 g/mol. The van der Waals surface area contributed by atoms with Crippen LogP contribution in [0.15, 0.2) is 12.2 Å². The van der Waals surface area contributed by atoms with E-state index in [9.17, 15) is 8.42 Å². The molecule has 0 radical (unpaired) electrons. The molecule has 0 spiro atoms. The second-order valence-electron chi connectivity index (χ2n) is 4.96. The van der Waals surface area contributed by atoms with Gasteiger partial charge in [0.15, 0.2) is 9.84 Å². The summed E-state index contributed by atoms with van der Waals surface area (Å²) in [6.07, 6.45) is 6.13. The minimum atomic E-state index is -2.76. The highest BCUT2D eigenvalue weighted by molar-refractivity contribution is 7.91. The van der Waals surface area contributed by atoms with Crippen molar-refractivity contribution in [2.75, 3.05) is 11.5 Å². The summed E-state index contributed by atoms with van der Waals surface area (Å²) < 4.78 is 28.5. The largest absolute Gasteiger partial charge is 0.375 e. The van der Waals surface area contributed by atoms with Crippen molar-refractivity contribution in [3.63, 3.8) is 0 Å². The summed E-state index contributed by atoms with van der Waals surface area (Å²) >= 11 is 0. The molecule has 92 valence electrons. The Morgan fingerprint density at radius 1 is 1.12 bits per heavy atom. The quantitative estimate of drug-likeness (QED) is 0.698. The molecule has 1 saturated heterocycles. The molecule has 1 aliphatic carbocycles. The molecule has 1 unspecified atom stereocenters. The van der Waals surface area contributed by atoms with E-state index >= 15 is 0 Å². The number of sulfone groups is 1. The summed E-state index contributed by atoms with van der Waals surface area (Å²) in [4.78, 5) is 0. The first-order valence-corrected chi connectivity index (χ1v) is 7.90. The molecule has 1 heterocycles. The van der Waals surface area contributed by atoms with Crippen LogP contribution >= 0.6 is 0 Å². The fourth-order valence-corrected chi connectivity index (χ4v) is 3.95. The SMILES string of the molecule is C=C1CCCC(OC2CCS(=O)(=O)CC2)C1. The van der Waals surface area contributed by atoms with E-state index in [1.807, 2.05) is 0 Å². The molecular formula is C12H20O3S. The van der Waals surface area contributed by atoms with Gasteiger partial charge in [0.25, 0.3) is 0 Å². The fraction of sp³-hybridized carbons (Fsp3) is 0.833. The first-order chi connectivity index (χ1) is 7.55. The molecule has 1 saturated carbocycles. The van der Waals surface area contributed by atoms with Crippen LogP contribution in [0, 0.1) is 0 Å². The van der Waals surface area contributed by atoms with E-state index < -0.39 is 9.84 Å². The summed E-state index contributed by atoms with van der Waals surface area (Å²) in [5, 5.41) is 0. The van der Waals surface area contributed by atoms with Crippen molar-refractivity contribution in [3.8, 4) is 0 Å². The fourth-order valence-electron chi connectivity index (χ4n) is 2.50. The topological polar surface area (TPSA) is 43.4 Å². The van der Waals surface area contributed by atoms with Gasteiger partial charge >= 0.3 is 0 Å². The Bertz CT molecular complexity index is 344. The van der Waals surface area contributed by atoms with E-state index in [1.165, 1.54) is 5.57 Å². The lowest BCUT2D eigenvalue weighted by Gasteiger charge is -2.30. The minimum absolute atomic E-state index is 0.152. The van der Waals surface area contributed by atoms with Crippen LogP contribution in [0.3, 0.4) is 0 Å². The normalized spacial score (nSPS) is 31.5. The molecule has 4 heteroatoms. The third-order valence-electron chi connectivity index (χ3n) is 3.46. The average Bonchev–Trinajstić information content (AvgIpc) is 2.21. The Kier molecular flexibility index (Phi) is 3.70. The Hall–Kier alpha value is -0.350. The van der Waals surface area contributed by atoms with E-state index in [0.29, 0.717) is 24.3 Å². The van der Waals surface area contributed by atoms with E-state index in [2.05, 4.69) is 6.58 Å². The standard InChI is InChI=1S/C12H20O3S/c1-10-3-2-4-12(9-10)15-11-5-7-16(13,14)8-6-11/h11-12H,1-9H2. The van der Waals surface area contributed by atoms with Gasteiger partial charge in [-0.05, 0) is 38.5 Å². The predicted molar refractivity (Wildman–Crippen MR) is 64.2 cm³/mol. The summed E-state index contributed by atoms with van der Waals surface area (Å²) in [6.45, 7) is 4.00. The summed E-state index contributed by atoms with van der Waals surface area (Å²) in [7, 11) is -2.76. The number of hydrogen-bond acceptors (Lipinski definition) is 3. The lowest BCUT2D eigenvalue weighted by Crippen LogP contribution is -2.32. The molecule has 0 amide bonds. The summed E-state index contributed by atoms with van der Waals surface area (Å²) in [5.74, 6) is 0.594. The first-order valence-electron chi connectivity index (χ1n) is 6.08. The van der Waals surface area contributed by atoms with Crippen LogP contribution in [0.4, 0.5) is 0 Å². The molecule has 0 aromatic rings. The van der Waals surface area contributed by atoms with Gasteiger partial charge < -0.3 is 4.74 Å².